The molecular weight excluding hydrogens is 407 g/mol. The van der Waals surface area contributed by atoms with Gasteiger partial charge in [-0.3, -0.25) is 9.69 Å². The van der Waals surface area contributed by atoms with E-state index in [1.54, 1.807) is 12.1 Å². The summed E-state index contributed by atoms with van der Waals surface area (Å²) in [5.41, 5.74) is 3.14. The summed E-state index contributed by atoms with van der Waals surface area (Å²) < 4.78 is 40.7. The number of hydrogen-bond acceptors (Lipinski definition) is 3. The van der Waals surface area contributed by atoms with E-state index in [2.05, 4.69) is 20.7 Å². The number of aromatic nitrogens is 1. The Morgan fingerprint density at radius 3 is 2.42 bits per heavy atom. The summed E-state index contributed by atoms with van der Waals surface area (Å²) in [6.45, 7) is 3.41. The first-order chi connectivity index (χ1) is 14.9. The Labute approximate surface area is 178 Å². The summed E-state index contributed by atoms with van der Waals surface area (Å²) in [4.78, 5) is 20.0. The van der Waals surface area contributed by atoms with Gasteiger partial charge in [0.25, 0.3) is 0 Å². The smallest absolute Gasteiger partial charge is 0.406 e. The Morgan fingerprint density at radius 1 is 1.00 bits per heavy atom. The molecule has 8 heteroatoms. The van der Waals surface area contributed by atoms with Crippen molar-refractivity contribution in [1.82, 2.24) is 14.8 Å². The van der Waals surface area contributed by atoms with Gasteiger partial charge in [-0.1, -0.05) is 30.3 Å². The van der Waals surface area contributed by atoms with Crippen LogP contribution >= 0.6 is 0 Å². The number of piperazine rings is 1. The zero-order chi connectivity index (χ0) is 21.8. The fraction of sp³-hybridized carbons (Fsp3) is 0.348. The number of nitrogens with one attached hydrogen (secondary N) is 1. The molecule has 3 aromatic rings. The molecule has 5 nitrogen and oxygen atoms in total. The van der Waals surface area contributed by atoms with Crippen molar-refractivity contribution >= 4 is 16.8 Å². The van der Waals surface area contributed by atoms with Gasteiger partial charge in [-0.25, -0.2) is 0 Å². The van der Waals surface area contributed by atoms with E-state index in [1.807, 2.05) is 29.3 Å². The Balaban J connectivity index is 1.23. The minimum Gasteiger partial charge on any atom is -0.406 e. The third kappa shape index (κ3) is 5.58. The molecule has 31 heavy (non-hydrogen) atoms. The van der Waals surface area contributed by atoms with Crippen LogP contribution in [0.2, 0.25) is 0 Å². The maximum atomic E-state index is 12.6. The highest BCUT2D eigenvalue weighted by Gasteiger charge is 2.31. The van der Waals surface area contributed by atoms with E-state index in [0.717, 1.165) is 35.1 Å². The van der Waals surface area contributed by atoms with Crippen molar-refractivity contribution in [2.24, 2.45) is 0 Å². The summed E-state index contributed by atoms with van der Waals surface area (Å²) in [7, 11) is 0. The number of nitrogens with zero attached hydrogens (tertiary/aromatic N) is 2. The molecule has 1 aromatic heterocycles. The number of H-pyrrole nitrogens is 1. The van der Waals surface area contributed by atoms with Crippen molar-refractivity contribution in [3.8, 4) is 5.75 Å². The summed E-state index contributed by atoms with van der Waals surface area (Å²) in [6.07, 6.45) is -1.53. The van der Waals surface area contributed by atoms with Gasteiger partial charge in [0.15, 0.2) is 0 Å². The van der Waals surface area contributed by atoms with Crippen LogP contribution in [0.3, 0.4) is 0 Å². The van der Waals surface area contributed by atoms with E-state index in [-0.39, 0.29) is 11.7 Å². The number of fused-ring (bicyclic) bond motifs is 1. The second kappa shape index (κ2) is 9.01. The van der Waals surface area contributed by atoms with Gasteiger partial charge >= 0.3 is 6.36 Å². The van der Waals surface area contributed by atoms with Crippen LogP contribution in [-0.4, -0.2) is 53.2 Å². The fourth-order valence-electron chi connectivity index (χ4n) is 3.95. The van der Waals surface area contributed by atoms with Crippen LogP contribution < -0.4 is 4.74 Å². The molecular formula is C23H24F3N3O2. The Bertz CT molecular complexity index is 1020. The molecule has 1 aliphatic heterocycles. The molecule has 1 aliphatic rings. The molecule has 2 aromatic carbocycles. The normalized spacial score (nSPS) is 15.4. The van der Waals surface area contributed by atoms with Gasteiger partial charge in [-0.2, -0.15) is 0 Å². The van der Waals surface area contributed by atoms with Crippen LogP contribution in [0.25, 0.3) is 10.9 Å². The third-order valence-corrected chi connectivity index (χ3v) is 5.57. The van der Waals surface area contributed by atoms with Gasteiger partial charge < -0.3 is 14.6 Å². The summed E-state index contributed by atoms with van der Waals surface area (Å²) in [5.74, 6) is -0.0690. The molecule has 0 bridgehead atoms. The molecule has 2 heterocycles. The van der Waals surface area contributed by atoms with Crippen molar-refractivity contribution in [2.45, 2.75) is 25.7 Å². The predicted molar refractivity (Wildman–Crippen MR) is 112 cm³/mol. The number of benzene rings is 2. The summed E-state index contributed by atoms with van der Waals surface area (Å²) in [5, 5.41) is 1.16. The lowest BCUT2D eigenvalue weighted by Crippen LogP contribution is -2.48. The highest BCUT2D eigenvalue weighted by molar-refractivity contribution is 5.84. The Kier molecular flexibility index (Phi) is 6.18. The number of carbonyl (C=O) groups excluding carboxylic acids is 1. The number of carbonyl (C=O) groups is 1. The average molecular weight is 431 g/mol. The molecule has 0 atom stereocenters. The maximum absolute atomic E-state index is 12.6. The van der Waals surface area contributed by atoms with E-state index >= 15 is 0 Å². The minimum atomic E-state index is -4.68. The van der Waals surface area contributed by atoms with E-state index < -0.39 is 6.36 Å². The molecule has 164 valence electrons. The first-order valence-corrected chi connectivity index (χ1v) is 10.3. The molecule has 0 saturated carbocycles. The number of hydrogen-bond donors (Lipinski definition) is 1. The molecule has 1 fully saturated rings. The topological polar surface area (TPSA) is 48.6 Å². The quantitative estimate of drug-likeness (QED) is 0.632. The summed E-state index contributed by atoms with van der Waals surface area (Å²) >= 11 is 0. The van der Waals surface area contributed by atoms with Crippen molar-refractivity contribution in [2.75, 3.05) is 26.2 Å². The number of halogens is 3. The van der Waals surface area contributed by atoms with E-state index in [9.17, 15) is 18.0 Å². The van der Waals surface area contributed by atoms with Crippen molar-refractivity contribution < 1.29 is 22.7 Å². The number of aromatic amines is 1. The second-order valence-electron chi connectivity index (χ2n) is 7.71. The van der Waals surface area contributed by atoms with Crippen LogP contribution in [0, 0.1) is 0 Å². The number of aryl methyl sites for hydroxylation is 1. The van der Waals surface area contributed by atoms with Gasteiger partial charge in [-0.15, -0.1) is 13.2 Å². The predicted octanol–water partition coefficient (Wildman–Crippen LogP) is 4.34. The second-order valence-corrected chi connectivity index (χ2v) is 7.71. The third-order valence-electron chi connectivity index (χ3n) is 5.57. The van der Waals surface area contributed by atoms with Gasteiger partial charge in [-0.05, 0) is 35.7 Å². The molecule has 4 rings (SSSR count). The number of alkyl halides is 3. The van der Waals surface area contributed by atoms with Crippen LogP contribution in [0.15, 0.2) is 54.7 Å². The molecule has 0 radical (unpaired) electrons. The lowest BCUT2D eigenvalue weighted by molar-refractivity contribution is -0.274. The van der Waals surface area contributed by atoms with Crippen LogP contribution in [0.4, 0.5) is 13.2 Å². The van der Waals surface area contributed by atoms with Gasteiger partial charge in [0.1, 0.15) is 5.75 Å². The van der Waals surface area contributed by atoms with Gasteiger partial charge in [0, 0.05) is 56.2 Å². The zero-order valence-electron chi connectivity index (χ0n) is 17.0. The maximum Gasteiger partial charge on any atom is 0.573 e. The fourth-order valence-corrected chi connectivity index (χ4v) is 3.95. The number of para-hydroxylation sites is 1. The molecule has 1 N–H and O–H groups in total. The molecule has 1 saturated heterocycles. The minimum absolute atomic E-state index is 0.151. The van der Waals surface area contributed by atoms with E-state index in [4.69, 9.17) is 0 Å². The summed E-state index contributed by atoms with van der Waals surface area (Å²) in [6, 6.07) is 14.0. The van der Waals surface area contributed by atoms with Gasteiger partial charge in [0.2, 0.25) is 5.91 Å². The zero-order valence-corrected chi connectivity index (χ0v) is 17.0. The Hall–Kier alpha value is -3.00. The highest BCUT2D eigenvalue weighted by atomic mass is 19.4. The molecule has 0 aliphatic carbocycles. The monoisotopic (exact) mass is 431 g/mol. The van der Waals surface area contributed by atoms with E-state index in [0.29, 0.717) is 32.5 Å². The van der Waals surface area contributed by atoms with Gasteiger partial charge in [0.05, 0.1) is 0 Å². The van der Waals surface area contributed by atoms with Crippen LogP contribution in [0.1, 0.15) is 17.5 Å². The van der Waals surface area contributed by atoms with Crippen molar-refractivity contribution in [3.05, 3.63) is 65.9 Å². The lowest BCUT2D eigenvalue weighted by atomic mass is 10.1. The van der Waals surface area contributed by atoms with E-state index in [1.165, 1.54) is 12.1 Å². The number of amides is 1. The number of rotatable bonds is 6. The SMILES string of the molecule is O=C(CCc1c[nH]c2ccccc12)N1CCN(Cc2ccc(OC(F)(F)F)cc2)CC1. The average Bonchev–Trinajstić information content (AvgIpc) is 3.16. The largest absolute Gasteiger partial charge is 0.573 e. The molecule has 0 unspecified atom stereocenters. The highest BCUT2D eigenvalue weighted by Crippen LogP contribution is 2.23. The van der Waals surface area contributed by atoms with Crippen LogP contribution in [0.5, 0.6) is 5.75 Å². The first-order valence-electron chi connectivity index (χ1n) is 10.3. The van der Waals surface area contributed by atoms with Crippen molar-refractivity contribution in [3.63, 3.8) is 0 Å². The standard InChI is InChI=1S/C23H24F3N3O2/c24-23(25,26)31-19-8-5-17(6-9-19)16-28-11-13-29(14-12-28)22(30)10-7-18-15-27-21-4-2-1-3-20(18)21/h1-6,8-9,15,27H,7,10-14,16H2. The first kappa shape index (κ1) is 21.2. The Morgan fingerprint density at radius 2 is 1.71 bits per heavy atom. The molecule has 1 amide bonds. The molecule has 0 spiro atoms. The lowest BCUT2D eigenvalue weighted by Gasteiger charge is -2.34. The van der Waals surface area contributed by atoms with Crippen molar-refractivity contribution in [1.29, 1.82) is 0 Å². The van der Waals surface area contributed by atoms with Crippen LogP contribution in [-0.2, 0) is 17.8 Å². The number of ether oxygens (including phenoxy) is 1.